The van der Waals surface area contributed by atoms with Crippen LogP contribution in [0.5, 0.6) is 0 Å². The summed E-state index contributed by atoms with van der Waals surface area (Å²) in [5.41, 5.74) is 4.99. The van der Waals surface area contributed by atoms with E-state index in [2.05, 4.69) is 60.1 Å². The van der Waals surface area contributed by atoms with Crippen LogP contribution in [-0.4, -0.2) is 27.9 Å². The molecule has 3 atom stereocenters. The summed E-state index contributed by atoms with van der Waals surface area (Å²) in [4.78, 5) is 15.5. The number of benzene rings is 2. The number of para-hydroxylation sites is 1. The average Bonchev–Trinajstić information content (AvgIpc) is 3.27. The summed E-state index contributed by atoms with van der Waals surface area (Å²) >= 11 is 0. The summed E-state index contributed by atoms with van der Waals surface area (Å²) in [6.07, 6.45) is 2.55. The fraction of sp³-hybridized carbons (Fsp3) is 0.400. The van der Waals surface area contributed by atoms with Crippen molar-refractivity contribution in [1.29, 1.82) is 0 Å². The van der Waals surface area contributed by atoms with E-state index in [1.807, 2.05) is 19.9 Å². The molecule has 0 bridgehead atoms. The highest BCUT2D eigenvalue weighted by molar-refractivity contribution is 5.95. The van der Waals surface area contributed by atoms with Crippen LogP contribution in [0.1, 0.15) is 44.9 Å². The second-order valence-electron chi connectivity index (χ2n) is 10.5. The van der Waals surface area contributed by atoms with Gasteiger partial charge in [-0.05, 0) is 55.4 Å². The predicted molar refractivity (Wildman–Crippen MR) is 145 cm³/mol. The van der Waals surface area contributed by atoms with Crippen molar-refractivity contribution in [3.05, 3.63) is 76.0 Å². The molecule has 2 aromatic carbocycles. The Morgan fingerprint density at radius 2 is 1.75 bits per heavy atom. The van der Waals surface area contributed by atoms with Crippen LogP contribution in [0, 0.1) is 37.4 Å². The molecule has 0 amide bonds. The monoisotopic (exact) mass is 486 g/mol. The minimum absolute atomic E-state index is 0.284. The van der Waals surface area contributed by atoms with Gasteiger partial charge in [-0.1, -0.05) is 57.9 Å². The highest BCUT2D eigenvalue weighted by Crippen LogP contribution is 2.36. The lowest BCUT2D eigenvalue weighted by molar-refractivity contribution is 0.205. The predicted octanol–water partition coefficient (Wildman–Crippen LogP) is 6.65. The summed E-state index contributed by atoms with van der Waals surface area (Å²) in [5.74, 6) is 1.72. The number of aromatic nitrogens is 3. The van der Waals surface area contributed by atoms with Gasteiger partial charge in [0.15, 0.2) is 0 Å². The third kappa shape index (κ3) is 4.12. The molecule has 0 radical (unpaired) electrons. The van der Waals surface area contributed by atoms with Gasteiger partial charge in [0, 0.05) is 41.5 Å². The van der Waals surface area contributed by atoms with Crippen molar-refractivity contribution in [3.8, 4) is 16.9 Å². The summed E-state index contributed by atoms with van der Waals surface area (Å²) in [5, 5.41) is 8.40. The molecule has 188 valence electrons. The van der Waals surface area contributed by atoms with Gasteiger partial charge < -0.3 is 4.90 Å². The van der Waals surface area contributed by atoms with Crippen LogP contribution in [0.25, 0.3) is 27.8 Å². The van der Waals surface area contributed by atoms with E-state index in [1.54, 1.807) is 6.07 Å². The molecule has 1 fully saturated rings. The maximum absolute atomic E-state index is 14.8. The Labute approximate surface area is 212 Å². The molecule has 1 saturated heterocycles. The number of pyridine rings is 1. The van der Waals surface area contributed by atoms with Gasteiger partial charge in [0.2, 0.25) is 0 Å². The number of fused-ring (bicyclic) bond motifs is 1. The Balaban J connectivity index is 1.51. The number of halogens is 1. The SMILES string of the molecule is CCCC1[C@H](C)CN(c2ccc(-c3n[nH]c4cc(=O)n(-c5c(C)cccc5F)c(C)c34)cc2)C[C@@H]1C. The van der Waals surface area contributed by atoms with Crippen molar-refractivity contribution < 1.29 is 4.39 Å². The number of nitrogens with one attached hydrogen (secondary N) is 1. The third-order valence-corrected chi connectivity index (χ3v) is 8.00. The molecule has 5 rings (SSSR count). The number of H-pyrrole nitrogens is 1. The quantitative estimate of drug-likeness (QED) is 0.344. The van der Waals surface area contributed by atoms with Crippen LogP contribution in [0.15, 0.2) is 53.3 Å². The molecule has 1 aliphatic heterocycles. The Bertz CT molecular complexity index is 1420. The van der Waals surface area contributed by atoms with Gasteiger partial charge in [-0.3, -0.25) is 14.5 Å². The Morgan fingerprint density at radius 3 is 2.39 bits per heavy atom. The molecule has 2 aromatic heterocycles. The first-order valence-electron chi connectivity index (χ1n) is 13.0. The lowest BCUT2D eigenvalue weighted by Crippen LogP contribution is -2.44. The van der Waals surface area contributed by atoms with Gasteiger partial charge in [-0.2, -0.15) is 5.10 Å². The van der Waals surface area contributed by atoms with E-state index < -0.39 is 5.82 Å². The lowest BCUT2D eigenvalue weighted by atomic mass is 9.77. The van der Waals surface area contributed by atoms with E-state index in [1.165, 1.54) is 35.2 Å². The van der Waals surface area contributed by atoms with Gasteiger partial charge in [-0.15, -0.1) is 0 Å². The van der Waals surface area contributed by atoms with Crippen LogP contribution in [0.3, 0.4) is 0 Å². The molecule has 0 aliphatic carbocycles. The Kier molecular flexibility index (Phi) is 6.45. The number of aromatic amines is 1. The molecular formula is C30H35FN4O. The first kappa shape index (κ1) is 24.3. The van der Waals surface area contributed by atoms with E-state index in [-0.39, 0.29) is 5.56 Å². The van der Waals surface area contributed by atoms with Crippen molar-refractivity contribution >= 4 is 16.6 Å². The zero-order valence-electron chi connectivity index (χ0n) is 21.8. The number of aryl methyl sites for hydroxylation is 2. The second kappa shape index (κ2) is 9.57. The number of hydrogen-bond donors (Lipinski definition) is 1. The maximum atomic E-state index is 14.8. The first-order valence-corrected chi connectivity index (χ1v) is 13.0. The average molecular weight is 487 g/mol. The van der Waals surface area contributed by atoms with E-state index in [9.17, 15) is 9.18 Å². The van der Waals surface area contributed by atoms with E-state index >= 15 is 0 Å². The minimum atomic E-state index is -0.417. The van der Waals surface area contributed by atoms with Crippen LogP contribution in [0.2, 0.25) is 0 Å². The van der Waals surface area contributed by atoms with Crippen molar-refractivity contribution in [2.24, 2.45) is 17.8 Å². The van der Waals surface area contributed by atoms with Gasteiger partial charge in [0.1, 0.15) is 11.5 Å². The molecule has 0 saturated carbocycles. The van der Waals surface area contributed by atoms with Gasteiger partial charge in [0.25, 0.3) is 5.56 Å². The third-order valence-electron chi connectivity index (χ3n) is 8.00. The first-order chi connectivity index (χ1) is 17.3. The van der Waals surface area contributed by atoms with Crippen molar-refractivity contribution in [1.82, 2.24) is 14.8 Å². The number of rotatable bonds is 5. The van der Waals surface area contributed by atoms with Crippen LogP contribution < -0.4 is 10.5 Å². The Morgan fingerprint density at radius 1 is 1.06 bits per heavy atom. The largest absolute Gasteiger partial charge is 0.371 e. The smallest absolute Gasteiger partial charge is 0.257 e. The molecule has 1 N–H and O–H groups in total. The molecule has 5 nitrogen and oxygen atoms in total. The van der Waals surface area contributed by atoms with Crippen molar-refractivity contribution in [3.63, 3.8) is 0 Å². The standard InChI is InChI=1S/C30H35FN4O/c1-6-8-24-19(3)16-34(17-20(24)4)23-13-11-22(12-14-23)29-28-21(5)35(27(36)15-26(28)32-33-29)30-18(2)9-7-10-25(30)31/h7,9-15,19-20,24,32H,6,8,16-17H2,1-5H3/t19-,20+,24?. The lowest BCUT2D eigenvalue weighted by Gasteiger charge is -2.42. The van der Waals surface area contributed by atoms with Crippen molar-refractivity contribution in [2.75, 3.05) is 18.0 Å². The molecule has 6 heteroatoms. The van der Waals surface area contributed by atoms with Crippen LogP contribution in [-0.2, 0) is 0 Å². The fourth-order valence-corrected chi connectivity index (χ4v) is 6.23. The summed E-state index contributed by atoms with van der Waals surface area (Å²) < 4.78 is 16.3. The van der Waals surface area contributed by atoms with Gasteiger partial charge in [0.05, 0.1) is 11.2 Å². The number of anilines is 1. The van der Waals surface area contributed by atoms with Crippen LogP contribution in [0.4, 0.5) is 10.1 Å². The maximum Gasteiger partial charge on any atom is 0.257 e. The van der Waals surface area contributed by atoms with E-state index in [4.69, 9.17) is 0 Å². The fourth-order valence-electron chi connectivity index (χ4n) is 6.23. The Hall–Kier alpha value is -3.41. The van der Waals surface area contributed by atoms with Crippen molar-refractivity contribution in [2.45, 2.75) is 47.5 Å². The number of piperidine rings is 1. The van der Waals surface area contributed by atoms with Crippen LogP contribution >= 0.6 is 0 Å². The highest BCUT2D eigenvalue weighted by atomic mass is 19.1. The normalized spacial score (nSPS) is 20.3. The second-order valence-corrected chi connectivity index (χ2v) is 10.5. The van der Waals surface area contributed by atoms with Gasteiger partial charge in [-0.25, -0.2) is 4.39 Å². The molecule has 36 heavy (non-hydrogen) atoms. The topological polar surface area (TPSA) is 53.9 Å². The molecule has 1 aliphatic rings. The zero-order chi connectivity index (χ0) is 25.6. The van der Waals surface area contributed by atoms with E-state index in [0.717, 1.165) is 35.7 Å². The van der Waals surface area contributed by atoms with Gasteiger partial charge >= 0.3 is 0 Å². The zero-order valence-corrected chi connectivity index (χ0v) is 21.8. The summed E-state index contributed by atoms with van der Waals surface area (Å²) in [7, 11) is 0. The molecule has 0 spiro atoms. The minimum Gasteiger partial charge on any atom is -0.371 e. The summed E-state index contributed by atoms with van der Waals surface area (Å²) in [6, 6.07) is 14.9. The number of nitrogens with zero attached hydrogens (tertiary/aromatic N) is 3. The molecular weight excluding hydrogens is 451 g/mol. The molecule has 4 aromatic rings. The number of hydrogen-bond acceptors (Lipinski definition) is 3. The highest BCUT2D eigenvalue weighted by Gasteiger charge is 2.31. The molecule has 3 heterocycles. The van der Waals surface area contributed by atoms with E-state index in [0.29, 0.717) is 34.3 Å². The molecule has 1 unspecified atom stereocenters. The summed E-state index contributed by atoms with van der Waals surface area (Å²) in [6.45, 7) is 12.9.